The Labute approximate surface area is 128 Å². The van der Waals surface area contributed by atoms with Crippen molar-refractivity contribution in [1.82, 2.24) is 4.90 Å². The van der Waals surface area contributed by atoms with Gasteiger partial charge in [0.15, 0.2) is 0 Å². The molecule has 0 aliphatic rings. The number of hydrogen-bond donors (Lipinski definition) is 0. The summed E-state index contributed by atoms with van der Waals surface area (Å²) < 4.78 is 0. The maximum Gasteiger partial charge on any atom is 0.0240 e. The zero-order chi connectivity index (χ0) is 15.1. The fraction of sp³-hybridized carbons (Fsp3) is 0.300. The van der Waals surface area contributed by atoms with Gasteiger partial charge in [0.25, 0.3) is 0 Å². The molecule has 1 heteroatoms. The lowest BCUT2D eigenvalue weighted by Gasteiger charge is -2.15. The molecule has 21 heavy (non-hydrogen) atoms. The Balaban J connectivity index is 1.99. The predicted molar refractivity (Wildman–Crippen MR) is 92.0 cm³/mol. The number of nitrogens with zero attached hydrogens (tertiary/aromatic N) is 1. The molecule has 108 valence electrons. The van der Waals surface area contributed by atoms with Gasteiger partial charge in [0, 0.05) is 19.0 Å². The van der Waals surface area contributed by atoms with Crippen LogP contribution in [0.3, 0.4) is 0 Å². The summed E-state index contributed by atoms with van der Waals surface area (Å²) in [6.45, 7) is 6.07. The van der Waals surface area contributed by atoms with Gasteiger partial charge < -0.3 is 0 Å². The Morgan fingerprint density at radius 2 is 1.86 bits per heavy atom. The van der Waals surface area contributed by atoms with Crippen LogP contribution in [0.25, 0.3) is 10.8 Å². The van der Waals surface area contributed by atoms with Crippen LogP contribution in [0.1, 0.15) is 19.4 Å². The van der Waals surface area contributed by atoms with Crippen LogP contribution < -0.4 is 0 Å². The summed E-state index contributed by atoms with van der Waals surface area (Å²) >= 11 is 0. The molecule has 2 aromatic rings. The highest BCUT2D eigenvalue weighted by Crippen LogP contribution is 2.19. The maximum absolute atomic E-state index is 3.14. The van der Waals surface area contributed by atoms with Crippen molar-refractivity contribution in [3.63, 3.8) is 0 Å². The lowest BCUT2D eigenvalue weighted by molar-refractivity contribution is 0.365. The van der Waals surface area contributed by atoms with Crippen molar-refractivity contribution in [1.29, 1.82) is 0 Å². The summed E-state index contributed by atoms with van der Waals surface area (Å²) in [5, 5.41) is 2.65. The molecule has 0 heterocycles. The van der Waals surface area contributed by atoms with Crippen LogP contribution in [0.5, 0.6) is 0 Å². The van der Waals surface area contributed by atoms with Crippen LogP contribution in [0.2, 0.25) is 0 Å². The highest BCUT2D eigenvalue weighted by Gasteiger charge is 2.02. The van der Waals surface area contributed by atoms with E-state index in [0.29, 0.717) is 5.92 Å². The first-order valence-corrected chi connectivity index (χ1v) is 7.48. The average molecular weight is 277 g/mol. The van der Waals surface area contributed by atoms with Crippen molar-refractivity contribution in [3.05, 3.63) is 60.2 Å². The molecule has 0 amide bonds. The van der Waals surface area contributed by atoms with E-state index in [4.69, 9.17) is 0 Å². The van der Waals surface area contributed by atoms with E-state index in [2.05, 4.69) is 86.2 Å². The third kappa shape index (κ3) is 4.77. The zero-order valence-electron chi connectivity index (χ0n) is 13.1. The van der Waals surface area contributed by atoms with Gasteiger partial charge in [-0.2, -0.15) is 0 Å². The number of rotatable bonds is 4. The van der Waals surface area contributed by atoms with Crippen LogP contribution in [0.15, 0.2) is 54.6 Å². The first kappa shape index (κ1) is 15.4. The lowest BCUT2D eigenvalue weighted by atomic mass is 10.0. The number of hydrogen-bond acceptors (Lipinski definition) is 1. The maximum atomic E-state index is 3.14. The van der Waals surface area contributed by atoms with E-state index < -0.39 is 0 Å². The summed E-state index contributed by atoms with van der Waals surface area (Å²) in [5.41, 5.74) is 1.37. The van der Waals surface area contributed by atoms with E-state index in [0.717, 1.165) is 13.1 Å². The van der Waals surface area contributed by atoms with Gasteiger partial charge in [0.2, 0.25) is 0 Å². The minimum atomic E-state index is 0.433. The molecule has 0 saturated heterocycles. The Morgan fingerprint density at radius 1 is 1.10 bits per heavy atom. The second-order valence-corrected chi connectivity index (χ2v) is 5.68. The molecule has 0 atom stereocenters. The van der Waals surface area contributed by atoms with E-state index >= 15 is 0 Å². The molecule has 0 aromatic heterocycles. The molecular formula is C20H23N. The second-order valence-electron chi connectivity index (χ2n) is 5.68. The van der Waals surface area contributed by atoms with Crippen molar-refractivity contribution >= 4 is 10.8 Å². The number of allylic oxidation sites excluding steroid dienone is 1. The minimum Gasteiger partial charge on any atom is -0.298 e. The van der Waals surface area contributed by atoms with Crippen LogP contribution >= 0.6 is 0 Å². The van der Waals surface area contributed by atoms with Gasteiger partial charge in [0.1, 0.15) is 0 Å². The Hall–Kier alpha value is -2.04. The molecule has 2 rings (SSSR count). The Bertz CT molecular complexity index is 666. The quantitative estimate of drug-likeness (QED) is 0.744. The summed E-state index contributed by atoms with van der Waals surface area (Å²) in [5.74, 6) is 6.65. The number of likely N-dealkylation sites (N-methyl/N-ethyl adjacent to an activating group) is 1. The van der Waals surface area contributed by atoms with E-state index in [1.165, 1.54) is 16.3 Å². The van der Waals surface area contributed by atoms with Crippen LogP contribution in [-0.2, 0) is 6.54 Å². The van der Waals surface area contributed by atoms with E-state index in [9.17, 15) is 0 Å². The first-order chi connectivity index (χ1) is 10.2. The summed E-state index contributed by atoms with van der Waals surface area (Å²) in [6.07, 6.45) is 4.08. The largest absolute Gasteiger partial charge is 0.298 e. The standard InChI is InChI=1S/C20H23N/c1-17(2)10-5-4-8-15-21(3)16-19-13-9-12-18-11-6-7-14-20(18)19/h4,6-9,11-14,17H,15-16H2,1-3H3/b8-4-. The SMILES string of the molecule is CC(C)C#C/C=C\CN(C)Cc1cccc2ccccc12. The molecule has 0 aliphatic carbocycles. The predicted octanol–water partition coefficient (Wildman–Crippen LogP) is 4.49. The molecule has 0 aliphatic heterocycles. The Kier molecular flexibility index (Phi) is 5.60. The smallest absolute Gasteiger partial charge is 0.0240 e. The normalized spacial score (nSPS) is 11.3. The minimum absolute atomic E-state index is 0.433. The van der Waals surface area contributed by atoms with Crippen LogP contribution in [0.4, 0.5) is 0 Å². The molecule has 0 spiro atoms. The third-order valence-corrected chi connectivity index (χ3v) is 3.31. The second kappa shape index (κ2) is 7.67. The van der Waals surface area contributed by atoms with E-state index in [1.54, 1.807) is 0 Å². The van der Waals surface area contributed by atoms with E-state index in [1.807, 2.05) is 6.08 Å². The van der Waals surface area contributed by atoms with Gasteiger partial charge >= 0.3 is 0 Å². The molecule has 2 aromatic carbocycles. The molecular weight excluding hydrogens is 254 g/mol. The number of fused-ring (bicyclic) bond motifs is 1. The zero-order valence-corrected chi connectivity index (χ0v) is 13.1. The van der Waals surface area contributed by atoms with Gasteiger partial charge in [-0.1, -0.05) is 74.2 Å². The highest BCUT2D eigenvalue weighted by atomic mass is 15.1. The average Bonchev–Trinajstić information content (AvgIpc) is 2.47. The van der Waals surface area contributed by atoms with Gasteiger partial charge in [-0.25, -0.2) is 0 Å². The fourth-order valence-corrected chi connectivity index (χ4v) is 2.29. The topological polar surface area (TPSA) is 3.24 Å². The lowest BCUT2D eigenvalue weighted by Crippen LogP contribution is -2.17. The molecule has 0 N–H and O–H groups in total. The van der Waals surface area contributed by atoms with Crippen LogP contribution in [0, 0.1) is 17.8 Å². The third-order valence-electron chi connectivity index (χ3n) is 3.31. The van der Waals surface area contributed by atoms with Crippen molar-refractivity contribution in [2.75, 3.05) is 13.6 Å². The fourth-order valence-electron chi connectivity index (χ4n) is 2.29. The molecule has 1 nitrogen and oxygen atoms in total. The van der Waals surface area contributed by atoms with Crippen LogP contribution in [-0.4, -0.2) is 18.5 Å². The molecule has 0 fully saturated rings. The Morgan fingerprint density at radius 3 is 2.67 bits per heavy atom. The molecule has 0 radical (unpaired) electrons. The van der Waals surface area contributed by atoms with Gasteiger partial charge in [-0.05, 0) is 29.5 Å². The van der Waals surface area contributed by atoms with Gasteiger partial charge in [0.05, 0.1) is 0 Å². The summed E-state index contributed by atoms with van der Waals surface area (Å²) in [7, 11) is 2.14. The van der Waals surface area contributed by atoms with Crippen molar-refractivity contribution < 1.29 is 0 Å². The monoisotopic (exact) mass is 277 g/mol. The van der Waals surface area contributed by atoms with E-state index in [-0.39, 0.29) is 0 Å². The number of benzene rings is 2. The van der Waals surface area contributed by atoms with Crippen molar-refractivity contribution in [2.24, 2.45) is 5.92 Å². The molecule has 0 saturated carbocycles. The molecule has 0 unspecified atom stereocenters. The van der Waals surface area contributed by atoms with Crippen molar-refractivity contribution in [3.8, 4) is 11.8 Å². The van der Waals surface area contributed by atoms with Gasteiger partial charge in [-0.15, -0.1) is 0 Å². The highest BCUT2D eigenvalue weighted by molar-refractivity contribution is 5.85. The van der Waals surface area contributed by atoms with Gasteiger partial charge in [-0.3, -0.25) is 4.90 Å². The molecule has 0 bridgehead atoms. The van der Waals surface area contributed by atoms with Crippen molar-refractivity contribution in [2.45, 2.75) is 20.4 Å². The summed E-state index contributed by atoms with van der Waals surface area (Å²) in [6, 6.07) is 15.1. The first-order valence-electron chi connectivity index (χ1n) is 7.48. The summed E-state index contributed by atoms with van der Waals surface area (Å²) in [4.78, 5) is 2.30.